The van der Waals surface area contributed by atoms with Crippen LogP contribution in [0.4, 0.5) is 5.69 Å². The third-order valence-electron chi connectivity index (χ3n) is 4.34. The molecule has 0 spiro atoms. The van der Waals surface area contributed by atoms with Gasteiger partial charge in [0.2, 0.25) is 5.91 Å². The predicted molar refractivity (Wildman–Crippen MR) is 89.5 cm³/mol. The Morgan fingerprint density at radius 1 is 1.30 bits per heavy atom. The lowest BCUT2D eigenvalue weighted by atomic mass is 10.0. The van der Waals surface area contributed by atoms with Gasteiger partial charge in [0.1, 0.15) is 5.41 Å². The van der Waals surface area contributed by atoms with Gasteiger partial charge in [-0.3, -0.25) is 4.79 Å². The number of hydrogen-bond donors (Lipinski definition) is 1. The van der Waals surface area contributed by atoms with E-state index in [0.717, 1.165) is 37.2 Å². The first-order chi connectivity index (χ1) is 11.0. The molecule has 3 rings (SSSR count). The van der Waals surface area contributed by atoms with Crippen LogP contribution >= 0.6 is 0 Å². The number of benzene rings is 1. The van der Waals surface area contributed by atoms with Crippen LogP contribution in [-0.4, -0.2) is 36.6 Å². The second-order valence-corrected chi connectivity index (χ2v) is 6.62. The van der Waals surface area contributed by atoms with E-state index in [0.29, 0.717) is 5.76 Å². The fourth-order valence-electron chi connectivity index (χ4n) is 2.66. The molecule has 1 aliphatic carbocycles. The van der Waals surface area contributed by atoms with Crippen LogP contribution < -0.4 is 5.32 Å². The molecule has 0 bridgehead atoms. The molecule has 23 heavy (non-hydrogen) atoms. The zero-order chi connectivity index (χ0) is 16.4. The molecular weight excluding hydrogens is 290 g/mol. The lowest BCUT2D eigenvalue weighted by molar-refractivity contribution is -0.119. The summed E-state index contributed by atoms with van der Waals surface area (Å²) in [7, 11) is 4.13. The summed E-state index contributed by atoms with van der Waals surface area (Å²) in [6.45, 7) is 2.88. The molecule has 1 aromatic carbocycles. The van der Waals surface area contributed by atoms with E-state index in [-0.39, 0.29) is 5.91 Å². The molecule has 2 aromatic rings. The minimum Gasteiger partial charge on any atom is -0.360 e. The van der Waals surface area contributed by atoms with Crippen LogP contribution in [0.1, 0.15) is 29.9 Å². The van der Waals surface area contributed by atoms with Crippen molar-refractivity contribution in [1.29, 1.82) is 0 Å². The van der Waals surface area contributed by atoms with Gasteiger partial charge in [-0.1, -0.05) is 17.3 Å². The number of aromatic nitrogens is 1. The van der Waals surface area contributed by atoms with E-state index in [1.54, 1.807) is 0 Å². The first kappa shape index (κ1) is 15.7. The van der Waals surface area contributed by atoms with Crippen molar-refractivity contribution < 1.29 is 9.32 Å². The van der Waals surface area contributed by atoms with E-state index in [2.05, 4.69) is 41.6 Å². The van der Waals surface area contributed by atoms with E-state index in [1.807, 2.05) is 25.1 Å². The Labute approximate surface area is 136 Å². The van der Waals surface area contributed by atoms with Crippen LogP contribution in [0, 0.1) is 6.92 Å². The molecule has 0 radical (unpaired) electrons. The fraction of sp³-hybridized carbons (Fsp3) is 0.444. The molecule has 1 heterocycles. The van der Waals surface area contributed by atoms with Crippen molar-refractivity contribution in [2.45, 2.75) is 31.6 Å². The third-order valence-corrected chi connectivity index (χ3v) is 4.34. The van der Waals surface area contributed by atoms with Gasteiger partial charge in [-0.25, -0.2) is 0 Å². The van der Waals surface area contributed by atoms with Gasteiger partial charge in [-0.15, -0.1) is 0 Å². The monoisotopic (exact) mass is 313 g/mol. The Morgan fingerprint density at radius 3 is 2.52 bits per heavy atom. The summed E-state index contributed by atoms with van der Waals surface area (Å²) in [4.78, 5) is 14.8. The molecule has 0 unspecified atom stereocenters. The minimum absolute atomic E-state index is 0.00492. The topological polar surface area (TPSA) is 58.4 Å². The molecule has 122 valence electrons. The highest BCUT2D eigenvalue weighted by atomic mass is 16.5. The van der Waals surface area contributed by atoms with Gasteiger partial charge in [0.15, 0.2) is 5.76 Å². The summed E-state index contributed by atoms with van der Waals surface area (Å²) in [5, 5.41) is 6.91. The van der Waals surface area contributed by atoms with E-state index in [9.17, 15) is 4.79 Å². The zero-order valence-electron chi connectivity index (χ0n) is 13.9. The molecule has 1 amide bonds. The lowest BCUT2D eigenvalue weighted by Gasteiger charge is -2.13. The van der Waals surface area contributed by atoms with Crippen LogP contribution in [0.3, 0.4) is 0 Å². The maximum absolute atomic E-state index is 12.6. The number of nitrogens with zero attached hydrogens (tertiary/aromatic N) is 2. The fourth-order valence-corrected chi connectivity index (χ4v) is 2.66. The molecule has 0 saturated heterocycles. The number of aryl methyl sites for hydroxylation is 1. The molecule has 1 aromatic heterocycles. The first-order valence-corrected chi connectivity index (χ1v) is 7.98. The van der Waals surface area contributed by atoms with Gasteiger partial charge in [-0.05, 0) is 58.0 Å². The molecule has 0 aliphatic heterocycles. The van der Waals surface area contributed by atoms with Gasteiger partial charge in [0.25, 0.3) is 0 Å². The van der Waals surface area contributed by atoms with Gasteiger partial charge in [0, 0.05) is 18.3 Å². The molecule has 1 aliphatic rings. The van der Waals surface area contributed by atoms with Crippen molar-refractivity contribution in [2.24, 2.45) is 0 Å². The van der Waals surface area contributed by atoms with Gasteiger partial charge < -0.3 is 14.7 Å². The number of carbonyl (C=O) groups excluding carboxylic acids is 1. The van der Waals surface area contributed by atoms with E-state index < -0.39 is 5.41 Å². The summed E-state index contributed by atoms with van der Waals surface area (Å²) >= 11 is 0. The average molecular weight is 313 g/mol. The van der Waals surface area contributed by atoms with Crippen LogP contribution in [0.2, 0.25) is 0 Å². The van der Waals surface area contributed by atoms with Gasteiger partial charge in [0.05, 0.1) is 5.69 Å². The quantitative estimate of drug-likeness (QED) is 0.891. The minimum atomic E-state index is -0.523. The number of hydrogen-bond acceptors (Lipinski definition) is 4. The molecule has 5 heteroatoms. The Morgan fingerprint density at radius 2 is 2.00 bits per heavy atom. The number of carbonyl (C=O) groups is 1. The molecule has 1 fully saturated rings. The Kier molecular flexibility index (Phi) is 4.22. The second-order valence-electron chi connectivity index (χ2n) is 6.62. The van der Waals surface area contributed by atoms with E-state index in [4.69, 9.17) is 4.52 Å². The Balaban J connectivity index is 1.64. The smallest absolute Gasteiger partial charge is 0.238 e. The predicted octanol–water partition coefficient (Wildman–Crippen LogP) is 2.76. The third kappa shape index (κ3) is 3.45. The normalized spacial score (nSPS) is 15.7. The van der Waals surface area contributed by atoms with Crippen molar-refractivity contribution >= 4 is 11.6 Å². The summed E-state index contributed by atoms with van der Waals surface area (Å²) < 4.78 is 5.31. The van der Waals surface area contributed by atoms with Crippen molar-refractivity contribution in [2.75, 3.05) is 26.0 Å². The molecule has 5 nitrogen and oxygen atoms in total. The van der Waals surface area contributed by atoms with Gasteiger partial charge in [-0.2, -0.15) is 0 Å². The first-order valence-electron chi connectivity index (χ1n) is 7.98. The van der Waals surface area contributed by atoms with Crippen LogP contribution in [0.25, 0.3) is 0 Å². The number of anilines is 1. The summed E-state index contributed by atoms with van der Waals surface area (Å²) in [5.74, 6) is 0.671. The standard InChI is InChI=1S/C18H23N3O2/c1-13-12-16(23-20-13)18(9-10-18)17(22)19-15-6-4-14(5-7-15)8-11-21(2)3/h4-7,12H,8-11H2,1-3H3,(H,19,22). The maximum Gasteiger partial charge on any atom is 0.238 e. The second kappa shape index (κ2) is 6.16. The summed E-state index contributed by atoms with van der Waals surface area (Å²) in [5.41, 5.74) is 2.38. The molecular formula is C18H23N3O2. The van der Waals surface area contributed by atoms with Crippen molar-refractivity contribution in [3.63, 3.8) is 0 Å². The number of nitrogens with one attached hydrogen (secondary N) is 1. The largest absolute Gasteiger partial charge is 0.360 e. The number of amides is 1. The highest BCUT2D eigenvalue weighted by Gasteiger charge is 2.54. The zero-order valence-corrected chi connectivity index (χ0v) is 13.9. The summed E-state index contributed by atoms with van der Waals surface area (Å²) in [6.07, 6.45) is 2.63. The highest BCUT2D eigenvalue weighted by Crippen LogP contribution is 2.49. The van der Waals surface area contributed by atoms with Gasteiger partial charge >= 0.3 is 0 Å². The lowest BCUT2D eigenvalue weighted by Crippen LogP contribution is -2.27. The van der Waals surface area contributed by atoms with Crippen LogP contribution in [0.5, 0.6) is 0 Å². The highest BCUT2D eigenvalue weighted by molar-refractivity contribution is 6.00. The van der Waals surface area contributed by atoms with Crippen LogP contribution in [0.15, 0.2) is 34.9 Å². The molecule has 0 atom stereocenters. The van der Waals surface area contributed by atoms with E-state index >= 15 is 0 Å². The van der Waals surface area contributed by atoms with E-state index in [1.165, 1.54) is 5.56 Å². The average Bonchev–Trinajstić information content (AvgIpc) is 3.23. The summed E-state index contributed by atoms with van der Waals surface area (Å²) in [6, 6.07) is 9.92. The van der Waals surface area contributed by atoms with Crippen LogP contribution in [-0.2, 0) is 16.6 Å². The molecule has 1 N–H and O–H groups in total. The number of likely N-dealkylation sites (N-methyl/N-ethyl adjacent to an activating group) is 1. The van der Waals surface area contributed by atoms with Crippen molar-refractivity contribution in [1.82, 2.24) is 10.1 Å². The maximum atomic E-state index is 12.6. The van der Waals surface area contributed by atoms with Crippen molar-refractivity contribution in [3.8, 4) is 0 Å². The SMILES string of the molecule is Cc1cc(C2(C(=O)Nc3ccc(CCN(C)C)cc3)CC2)on1. The molecule has 1 saturated carbocycles. The Hall–Kier alpha value is -2.14. The number of rotatable bonds is 6. The Bertz CT molecular complexity index is 685. The van der Waals surface area contributed by atoms with Crippen molar-refractivity contribution in [3.05, 3.63) is 47.3 Å².